The molecule has 0 aromatic heterocycles. The molecule has 0 atom stereocenters. The van der Waals surface area contributed by atoms with Crippen molar-refractivity contribution < 1.29 is 19.1 Å². The van der Waals surface area contributed by atoms with Crippen molar-refractivity contribution in [3.63, 3.8) is 0 Å². The van der Waals surface area contributed by atoms with Gasteiger partial charge in [-0.15, -0.1) is 0 Å². The molecule has 0 bridgehead atoms. The highest BCUT2D eigenvalue weighted by Gasteiger charge is 2.16. The van der Waals surface area contributed by atoms with Crippen molar-refractivity contribution in [2.75, 3.05) is 11.9 Å². The Kier molecular flexibility index (Phi) is 9.69. The third-order valence-electron chi connectivity index (χ3n) is 5.85. The van der Waals surface area contributed by atoms with Gasteiger partial charge in [-0.05, 0) is 77.9 Å². The van der Waals surface area contributed by atoms with Crippen molar-refractivity contribution in [2.24, 2.45) is 5.92 Å². The average molecular weight is 581 g/mol. The number of hydrogen-bond acceptors (Lipinski definition) is 4. The summed E-state index contributed by atoms with van der Waals surface area (Å²) in [4.78, 5) is 38.0. The van der Waals surface area contributed by atoms with Crippen LogP contribution in [0.4, 0.5) is 5.69 Å². The van der Waals surface area contributed by atoms with E-state index in [1.54, 1.807) is 54.6 Å². The van der Waals surface area contributed by atoms with Crippen molar-refractivity contribution in [3.8, 4) is 5.75 Å². The number of amides is 3. The molecule has 0 radical (unpaired) electrons. The van der Waals surface area contributed by atoms with E-state index < -0.39 is 11.8 Å². The number of hydrazine groups is 1. The maximum atomic E-state index is 12.8. The molecule has 3 N–H and O–H groups in total. The number of benzene rings is 3. The Morgan fingerprint density at radius 1 is 0.816 bits per heavy atom. The summed E-state index contributed by atoms with van der Waals surface area (Å²) >= 11 is 3.37. The van der Waals surface area contributed by atoms with Crippen LogP contribution >= 0.6 is 15.9 Å². The van der Waals surface area contributed by atoms with Gasteiger partial charge < -0.3 is 10.1 Å². The molecule has 3 aromatic carbocycles. The van der Waals surface area contributed by atoms with Gasteiger partial charge in [0.05, 0.1) is 12.2 Å². The molecule has 200 valence electrons. The molecule has 0 aliphatic heterocycles. The van der Waals surface area contributed by atoms with Gasteiger partial charge in [0.2, 0.25) is 0 Å². The third kappa shape index (κ3) is 8.18. The van der Waals surface area contributed by atoms with Crippen LogP contribution in [0.15, 0.2) is 71.2 Å². The lowest BCUT2D eigenvalue weighted by Crippen LogP contribution is -2.41. The van der Waals surface area contributed by atoms with Gasteiger partial charge in [-0.3, -0.25) is 25.2 Å². The monoisotopic (exact) mass is 579 g/mol. The molecule has 0 heterocycles. The van der Waals surface area contributed by atoms with Crippen molar-refractivity contribution >= 4 is 39.3 Å². The highest BCUT2D eigenvalue weighted by atomic mass is 79.9. The smallest absolute Gasteiger partial charge is 0.273 e. The molecule has 0 unspecified atom stereocenters. The summed E-state index contributed by atoms with van der Waals surface area (Å²) in [6, 6.07) is 19.0. The van der Waals surface area contributed by atoms with E-state index in [1.165, 1.54) is 0 Å². The zero-order valence-electron chi connectivity index (χ0n) is 22.4. The average Bonchev–Trinajstić information content (AvgIpc) is 2.87. The fourth-order valence-corrected chi connectivity index (χ4v) is 3.85. The number of nitrogens with one attached hydrogen (secondary N) is 3. The first-order valence-electron chi connectivity index (χ1n) is 12.5. The van der Waals surface area contributed by atoms with Crippen LogP contribution in [0.1, 0.15) is 77.7 Å². The summed E-state index contributed by atoms with van der Waals surface area (Å²) in [6.07, 6.45) is 0.855. The molecule has 0 spiro atoms. The fourth-order valence-electron chi connectivity index (χ4n) is 3.49. The van der Waals surface area contributed by atoms with Crippen LogP contribution in [-0.2, 0) is 5.41 Å². The summed E-state index contributed by atoms with van der Waals surface area (Å²) in [7, 11) is 0. The van der Waals surface area contributed by atoms with Crippen LogP contribution in [0, 0.1) is 5.92 Å². The van der Waals surface area contributed by atoms with Crippen molar-refractivity contribution in [3.05, 3.63) is 93.5 Å². The largest absolute Gasteiger partial charge is 0.493 e. The normalized spacial score (nSPS) is 11.1. The third-order valence-corrected chi connectivity index (χ3v) is 6.34. The topological polar surface area (TPSA) is 96.5 Å². The quantitative estimate of drug-likeness (QED) is 0.265. The summed E-state index contributed by atoms with van der Waals surface area (Å²) in [5.74, 6) is -0.322. The second-order valence-electron chi connectivity index (χ2n) is 10.4. The van der Waals surface area contributed by atoms with Crippen LogP contribution < -0.4 is 20.9 Å². The number of hydrogen-bond donors (Lipinski definition) is 3. The van der Waals surface area contributed by atoms with E-state index in [9.17, 15) is 14.4 Å². The Labute approximate surface area is 232 Å². The Hall–Kier alpha value is -3.65. The number of rotatable bonds is 8. The minimum absolute atomic E-state index is 0.00629. The number of carbonyl (C=O) groups excluding carboxylic acids is 3. The van der Waals surface area contributed by atoms with Crippen molar-refractivity contribution in [1.82, 2.24) is 10.9 Å². The highest BCUT2D eigenvalue weighted by Crippen LogP contribution is 2.24. The molecule has 3 amide bonds. The number of halogens is 1. The molecular weight excluding hydrogens is 546 g/mol. The molecule has 0 aliphatic carbocycles. The summed E-state index contributed by atoms with van der Waals surface area (Å²) in [5, 5.41) is 2.83. The Bertz CT molecular complexity index is 1280. The van der Waals surface area contributed by atoms with Crippen molar-refractivity contribution in [1.29, 1.82) is 0 Å². The number of anilines is 1. The maximum Gasteiger partial charge on any atom is 0.273 e. The van der Waals surface area contributed by atoms with E-state index in [0.717, 1.165) is 12.0 Å². The molecule has 0 saturated carbocycles. The van der Waals surface area contributed by atoms with Crippen LogP contribution in [0.25, 0.3) is 0 Å². The van der Waals surface area contributed by atoms with Gasteiger partial charge >= 0.3 is 0 Å². The first-order chi connectivity index (χ1) is 17.9. The Morgan fingerprint density at radius 3 is 2.00 bits per heavy atom. The SMILES string of the molecule is CC(C)CCOc1ccc(Br)cc1C(=O)NNC(=O)c1ccc(NC(=O)c2ccc(C(C)(C)C)cc2)cc1. The molecule has 3 aromatic rings. The molecule has 0 saturated heterocycles. The van der Waals surface area contributed by atoms with E-state index in [-0.39, 0.29) is 11.3 Å². The predicted molar refractivity (Wildman–Crippen MR) is 154 cm³/mol. The lowest BCUT2D eigenvalue weighted by molar-refractivity contribution is 0.0844. The summed E-state index contributed by atoms with van der Waals surface area (Å²) in [6.45, 7) is 11.0. The lowest BCUT2D eigenvalue weighted by Gasteiger charge is -2.19. The van der Waals surface area contributed by atoms with Gasteiger partial charge in [-0.25, -0.2) is 0 Å². The Morgan fingerprint density at radius 2 is 1.39 bits per heavy atom. The molecule has 8 heteroatoms. The van der Waals surface area contributed by atoms with E-state index in [0.29, 0.717) is 45.1 Å². The van der Waals surface area contributed by atoms with E-state index in [4.69, 9.17) is 4.74 Å². The van der Waals surface area contributed by atoms with Gasteiger partial charge in [-0.1, -0.05) is 62.7 Å². The standard InChI is InChI=1S/C30H34BrN3O4/c1-19(2)16-17-38-26-15-12-23(31)18-25(26)29(37)34-33-28(36)21-8-13-24(14-9-21)32-27(35)20-6-10-22(11-7-20)30(3,4)5/h6-15,18-19H,16-17H2,1-5H3,(H,32,35)(H,33,36)(H,34,37). The van der Waals surface area contributed by atoms with Crippen LogP contribution in [0.5, 0.6) is 5.75 Å². The zero-order chi connectivity index (χ0) is 27.9. The number of ether oxygens (including phenoxy) is 1. The second kappa shape index (κ2) is 12.7. The first kappa shape index (κ1) is 28.9. The summed E-state index contributed by atoms with van der Waals surface area (Å²) < 4.78 is 6.50. The first-order valence-corrected chi connectivity index (χ1v) is 13.3. The van der Waals surface area contributed by atoms with Crippen LogP contribution in [0.3, 0.4) is 0 Å². The van der Waals surface area contributed by atoms with Gasteiger partial charge in [0.15, 0.2) is 0 Å². The van der Waals surface area contributed by atoms with Gasteiger partial charge in [0, 0.05) is 21.3 Å². The van der Waals surface area contributed by atoms with Gasteiger partial charge in [0.25, 0.3) is 17.7 Å². The predicted octanol–water partition coefficient (Wildman–Crippen LogP) is 6.50. The zero-order valence-corrected chi connectivity index (χ0v) is 23.9. The molecule has 0 aliphatic rings. The lowest BCUT2D eigenvalue weighted by atomic mass is 9.87. The van der Waals surface area contributed by atoms with E-state index >= 15 is 0 Å². The molecule has 7 nitrogen and oxygen atoms in total. The second-order valence-corrected chi connectivity index (χ2v) is 11.4. The maximum absolute atomic E-state index is 12.8. The Balaban J connectivity index is 1.57. The molecule has 38 heavy (non-hydrogen) atoms. The van der Waals surface area contributed by atoms with Crippen LogP contribution in [-0.4, -0.2) is 24.3 Å². The number of carbonyl (C=O) groups is 3. The molecular formula is C30H34BrN3O4. The highest BCUT2D eigenvalue weighted by molar-refractivity contribution is 9.10. The van der Waals surface area contributed by atoms with Crippen LogP contribution in [0.2, 0.25) is 0 Å². The minimum atomic E-state index is -0.499. The van der Waals surface area contributed by atoms with Crippen molar-refractivity contribution in [2.45, 2.75) is 46.5 Å². The fraction of sp³-hybridized carbons (Fsp3) is 0.300. The van der Waals surface area contributed by atoms with Gasteiger partial charge in [-0.2, -0.15) is 0 Å². The molecule has 0 fully saturated rings. The minimum Gasteiger partial charge on any atom is -0.493 e. The molecule has 3 rings (SSSR count). The summed E-state index contributed by atoms with van der Waals surface area (Å²) in [5.41, 5.74) is 7.73. The van der Waals surface area contributed by atoms with Gasteiger partial charge in [0.1, 0.15) is 5.75 Å². The van der Waals surface area contributed by atoms with E-state index in [1.807, 2.05) is 12.1 Å². The van der Waals surface area contributed by atoms with E-state index in [2.05, 4.69) is 66.7 Å².